The van der Waals surface area contributed by atoms with Crippen LogP contribution in [0.4, 0.5) is 5.69 Å². The van der Waals surface area contributed by atoms with Gasteiger partial charge in [0.15, 0.2) is 0 Å². The summed E-state index contributed by atoms with van der Waals surface area (Å²) in [6, 6.07) is 6.12. The van der Waals surface area contributed by atoms with Crippen LogP contribution in [0.3, 0.4) is 0 Å². The van der Waals surface area contributed by atoms with Gasteiger partial charge in [0, 0.05) is 10.4 Å². The van der Waals surface area contributed by atoms with E-state index in [0.717, 1.165) is 36.4 Å². The lowest BCUT2D eigenvalue weighted by Gasteiger charge is -2.38. The van der Waals surface area contributed by atoms with E-state index in [4.69, 9.17) is 4.74 Å². The van der Waals surface area contributed by atoms with Crippen LogP contribution >= 0.6 is 23.7 Å². The summed E-state index contributed by atoms with van der Waals surface area (Å²) in [7, 11) is 0. The molecule has 19 heavy (non-hydrogen) atoms. The molecule has 0 spiro atoms. The fourth-order valence-corrected chi connectivity index (χ4v) is 4.36. The minimum Gasteiger partial charge on any atom is -0.491 e. The highest BCUT2D eigenvalue weighted by molar-refractivity contribution is 8.16. The van der Waals surface area contributed by atoms with Crippen molar-refractivity contribution >= 4 is 29.4 Å². The lowest BCUT2D eigenvalue weighted by atomic mass is 10.1. The Hall–Kier alpha value is -0.520. The van der Waals surface area contributed by atoms with Crippen molar-refractivity contribution in [3.05, 3.63) is 18.2 Å². The zero-order chi connectivity index (χ0) is 14.0. The first-order valence-corrected chi connectivity index (χ1v) is 8.22. The standard InChI is InChI=1S/C14H20N2OS2/c1-5-9-17-10-7-6-8-11-12(10)16(14(2,3)4)13(18-11)19-15/h6-8,13H,5,9H2,1-4H3. The fraction of sp³-hybridized carbons (Fsp3) is 0.571. The summed E-state index contributed by atoms with van der Waals surface area (Å²) in [4.78, 5) is 3.41. The molecule has 104 valence electrons. The van der Waals surface area contributed by atoms with Gasteiger partial charge in [-0.1, -0.05) is 29.9 Å². The van der Waals surface area contributed by atoms with Gasteiger partial charge in [-0.15, -0.1) is 0 Å². The van der Waals surface area contributed by atoms with Crippen molar-refractivity contribution in [2.24, 2.45) is 0 Å². The van der Waals surface area contributed by atoms with E-state index < -0.39 is 0 Å². The molecule has 0 fully saturated rings. The Balaban J connectivity index is 2.42. The fourth-order valence-electron chi connectivity index (χ4n) is 2.15. The first-order valence-electron chi connectivity index (χ1n) is 6.51. The topological polar surface area (TPSA) is 34.8 Å². The van der Waals surface area contributed by atoms with E-state index in [1.165, 1.54) is 4.90 Å². The summed E-state index contributed by atoms with van der Waals surface area (Å²) in [5, 5.41) is 9.55. The second-order valence-corrected chi connectivity index (χ2v) is 7.60. The van der Waals surface area contributed by atoms with Crippen molar-refractivity contribution in [1.29, 1.82) is 0 Å². The van der Waals surface area contributed by atoms with Crippen LogP contribution in [0.25, 0.3) is 0 Å². The highest BCUT2D eigenvalue weighted by atomic mass is 32.2. The summed E-state index contributed by atoms with van der Waals surface area (Å²) in [5.41, 5.74) is 1.05. The smallest absolute Gasteiger partial charge is 0.144 e. The van der Waals surface area contributed by atoms with Gasteiger partial charge in [0.25, 0.3) is 0 Å². The SMILES string of the molecule is CCCOc1cccc2c1N(C(C)(C)C)C(S[N])S2. The Kier molecular flexibility index (Phi) is 4.58. The van der Waals surface area contributed by atoms with Crippen molar-refractivity contribution in [2.45, 2.75) is 49.3 Å². The number of anilines is 1. The normalized spacial score (nSPS) is 18.6. The molecular weight excluding hydrogens is 276 g/mol. The summed E-state index contributed by atoms with van der Waals surface area (Å²) < 4.78 is 5.86. The van der Waals surface area contributed by atoms with Crippen LogP contribution in [0.1, 0.15) is 34.1 Å². The molecule has 0 amide bonds. The quantitative estimate of drug-likeness (QED) is 0.780. The average molecular weight is 296 g/mol. The lowest BCUT2D eigenvalue weighted by Crippen LogP contribution is -2.44. The number of ether oxygens (including phenoxy) is 1. The number of benzene rings is 1. The van der Waals surface area contributed by atoms with Gasteiger partial charge in [0.1, 0.15) is 10.5 Å². The lowest BCUT2D eigenvalue weighted by molar-refractivity contribution is 0.315. The Morgan fingerprint density at radius 3 is 2.74 bits per heavy atom. The largest absolute Gasteiger partial charge is 0.491 e. The van der Waals surface area contributed by atoms with Crippen LogP contribution in [0, 0.1) is 0 Å². The summed E-state index contributed by atoms with van der Waals surface area (Å²) in [6.45, 7) is 9.29. The number of hydrogen-bond acceptors (Lipinski definition) is 4. The van der Waals surface area contributed by atoms with Gasteiger partial charge >= 0.3 is 0 Å². The summed E-state index contributed by atoms with van der Waals surface area (Å²) in [5.74, 6) is 0.915. The van der Waals surface area contributed by atoms with E-state index in [-0.39, 0.29) is 10.2 Å². The van der Waals surface area contributed by atoms with E-state index in [1.54, 1.807) is 11.8 Å². The van der Waals surface area contributed by atoms with E-state index in [1.807, 2.05) is 12.1 Å². The third kappa shape index (κ3) is 2.98. The van der Waals surface area contributed by atoms with Crippen molar-refractivity contribution < 1.29 is 4.74 Å². The molecule has 3 nitrogen and oxygen atoms in total. The highest BCUT2D eigenvalue weighted by Crippen LogP contribution is 2.53. The molecule has 0 bridgehead atoms. The van der Waals surface area contributed by atoms with Crippen LogP contribution in [0.2, 0.25) is 0 Å². The number of hydrogen-bond donors (Lipinski definition) is 0. The van der Waals surface area contributed by atoms with Crippen LogP contribution in [-0.4, -0.2) is 16.9 Å². The van der Waals surface area contributed by atoms with Crippen LogP contribution < -0.4 is 14.8 Å². The van der Waals surface area contributed by atoms with Gasteiger partial charge in [-0.3, -0.25) is 0 Å². The number of nitrogens with zero attached hydrogens (tertiary/aromatic N) is 2. The molecule has 1 aliphatic heterocycles. The highest BCUT2D eigenvalue weighted by Gasteiger charge is 2.39. The van der Waals surface area contributed by atoms with Crippen molar-refractivity contribution in [3.63, 3.8) is 0 Å². The Labute approximate surface area is 124 Å². The average Bonchev–Trinajstić information content (AvgIpc) is 2.75. The minimum atomic E-state index is -0.0652. The minimum absolute atomic E-state index is 0.0126. The molecule has 0 saturated heterocycles. The zero-order valence-electron chi connectivity index (χ0n) is 11.8. The van der Waals surface area contributed by atoms with Crippen LogP contribution in [0.15, 0.2) is 23.1 Å². The summed E-state index contributed by atoms with van der Waals surface area (Å²) >= 11 is 2.57. The van der Waals surface area contributed by atoms with Gasteiger partial charge in [-0.05, 0) is 51.3 Å². The van der Waals surface area contributed by atoms with Crippen LogP contribution in [0.5, 0.6) is 5.75 Å². The molecule has 2 radical (unpaired) electrons. The molecule has 1 aromatic carbocycles. The molecule has 1 unspecified atom stereocenters. The molecule has 0 aliphatic carbocycles. The van der Waals surface area contributed by atoms with E-state index in [2.05, 4.69) is 38.7 Å². The van der Waals surface area contributed by atoms with Gasteiger partial charge < -0.3 is 9.64 Å². The maximum atomic E-state index is 9.55. The number of thioether (sulfide) groups is 1. The second-order valence-electron chi connectivity index (χ2n) is 5.52. The third-order valence-electron chi connectivity index (χ3n) is 2.92. The third-order valence-corrected chi connectivity index (χ3v) is 4.85. The molecule has 1 heterocycles. The maximum absolute atomic E-state index is 9.55. The summed E-state index contributed by atoms with van der Waals surface area (Å²) in [6.07, 6.45) is 0.991. The van der Waals surface area contributed by atoms with E-state index in [9.17, 15) is 5.14 Å². The van der Waals surface area contributed by atoms with Crippen molar-refractivity contribution in [3.8, 4) is 5.75 Å². The first-order chi connectivity index (χ1) is 8.99. The molecule has 0 aromatic heterocycles. The van der Waals surface area contributed by atoms with Gasteiger partial charge in [-0.25, -0.2) is 0 Å². The number of para-hydroxylation sites is 1. The van der Waals surface area contributed by atoms with E-state index >= 15 is 0 Å². The molecule has 1 atom stereocenters. The predicted molar refractivity (Wildman–Crippen MR) is 83.8 cm³/mol. The Bertz CT molecular complexity index is 446. The van der Waals surface area contributed by atoms with Crippen molar-refractivity contribution in [1.82, 2.24) is 5.14 Å². The monoisotopic (exact) mass is 296 g/mol. The number of fused-ring (bicyclic) bond motifs is 1. The molecule has 0 saturated carbocycles. The Morgan fingerprint density at radius 1 is 1.42 bits per heavy atom. The maximum Gasteiger partial charge on any atom is 0.144 e. The Morgan fingerprint density at radius 2 is 2.16 bits per heavy atom. The van der Waals surface area contributed by atoms with Gasteiger partial charge in [-0.2, -0.15) is 0 Å². The van der Waals surface area contributed by atoms with Crippen molar-refractivity contribution in [2.75, 3.05) is 11.5 Å². The zero-order valence-corrected chi connectivity index (χ0v) is 13.5. The predicted octanol–water partition coefficient (Wildman–Crippen LogP) is 4.19. The molecule has 1 aliphatic rings. The molecule has 2 rings (SSSR count). The molecule has 1 aromatic rings. The van der Waals surface area contributed by atoms with Gasteiger partial charge in [0.05, 0.1) is 12.3 Å². The first kappa shape index (κ1) is 14.9. The second kappa shape index (κ2) is 5.85. The van der Waals surface area contributed by atoms with E-state index in [0.29, 0.717) is 0 Å². The molecular formula is C14H20N2OS2. The molecule has 5 heteroatoms. The van der Waals surface area contributed by atoms with Gasteiger partial charge in [0.2, 0.25) is 0 Å². The number of rotatable bonds is 4. The van der Waals surface area contributed by atoms with Crippen LogP contribution in [-0.2, 0) is 0 Å². The molecule has 0 N–H and O–H groups in total.